The van der Waals surface area contributed by atoms with Crippen molar-refractivity contribution >= 4 is 40.4 Å². The highest BCUT2D eigenvalue weighted by Gasteiger charge is 2.20. The molecule has 5 N–H and O–H groups in total. The van der Waals surface area contributed by atoms with Gasteiger partial charge in [-0.2, -0.15) is 0 Å². The number of hydrogen-bond donors (Lipinski definition) is 3. The molecule has 3 rings (SSSR count). The molecule has 1 atom stereocenters. The van der Waals surface area contributed by atoms with Crippen molar-refractivity contribution in [3.05, 3.63) is 48.2 Å². The molecule has 0 bridgehead atoms. The zero-order chi connectivity index (χ0) is 19.6. The molecule has 0 saturated carbocycles. The number of benzene rings is 1. The second-order valence-corrected chi connectivity index (χ2v) is 6.34. The maximum atomic E-state index is 11.9. The topological polar surface area (TPSA) is 121 Å². The molecule has 8 heteroatoms. The highest BCUT2D eigenvalue weighted by atomic mass is 16.1. The van der Waals surface area contributed by atoms with Crippen molar-refractivity contribution in [2.24, 2.45) is 11.6 Å². The number of fused-ring (bicyclic) bond motifs is 1. The summed E-state index contributed by atoms with van der Waals surface area (Å²) in [6.45, 7) is 1.82. The van der Waals surface area contributed by atoms with Gasteiger partial charge in [-0.25, -0.2) is 10.8 Å². The average molecular weight is 366 g/mol. The number of H-pyrrole nitrogens is 1. The minimum atomic E-state index is -0.582. The third-order valence-corrected chi connectivity index (χ3v) is 4.55. The Kier molecular flexibility index (Phi) is 5.09. The first-order chi connectivity index (χ1) is 12.9. The third kappa shape index (κ3) is 3.47. The summed E-state index contributed by atoms with van der Waals surface area (Å²) in [5, 5.41) is 2.40. The molecule has 0 fully saturated rings. The van der Waals surface area contributed by atoms with Crippen LogP contribution >= 0.6 is 0 Å². The van der Waals surface area contributed by atoms with Crippen LogP contribution in [0.4, 0.5) is 17.3 Å². The Morgan fingerprint density at radius 2 is 2.07 bits per heavy atom. The lowest BCUT2D eigenvalue weighted by molar-refractivity contribution is -0.108. The number of anilines is 3. The van der Waals surface area contributed by atoms with Crippen LogP contribution in [0.1, 0.15) is 23.7 Å². The number of nitrogens with zero attached hydrogens (tertiary/aromatic N) is 3. The maximum absolute atomic E-state index is 11.9. The molecule has 27 heavy (non-hydrogen) atoms. The number of nitrogens with one attached hydrogen (secondary N) is 1. The molecule has 0 aliphatic rings. The van der Waals surface area contributed by atoms with Crippen molar-refractivity contribution in [3.63, 3.8) is 0 Å². The number of amides is 1. The standard InChI is InChI=1S/C19H22N6O2/c1-12(9-11-26)25(21)17-7-6-14(18(20)27)19(23-17)24(2)16-5-3-4-15-13(16)8-10-22-15/h3-8,10-12,22H,9,21H2,1-2H3,(H2,20,27)/t12-/m1/s1. The van der Waals surface area contributed by atoms with Crippen LogP contribution in [-0.2, 0) is 4.79 Å². The fraction of sp³-hybridized carbons (Fsp3) is 0.211. The van der Waals surface area contributed by atoms with Crippen LogP contribution in [0.3, 0.4) is 0 Å². The summed E-state index contributed by atoms with van der Waals surface area (Å²) in [5.74, 6) is 6.36. The summed E-state index contributed by atoms with van der Waals surface area (Å²) >= 11 is 0. The lowest BCUT2D eigenvalue weighted by atomic mass is 10.1. The maximum Gasteiger partial charge on any atom is 0.252 e. The highest BCUT2D eigenvalue weighted by molar-refractivity contribution is 6.01. The van der Waals surface area contributed by atoms with E-state index in [9.17, 15) is 9.59 Å². The van der Waals surface area contributed by atoms with E-state index in [0.29, 0.717) is 11.6 Å². The number of primary amides is 1. The summed E-state index contributed by atoms with van der Waals surface area (Å²) < 4.78 is 0. The summed E-state index contributed by atoms with van der Waals surface area (Å²) in [7, 11) is 1.82. The van der Waals surface area contributed by atoms with Crippen molar-refractivity contribution in [2.45, 2.75) is 19.4 Å². The number of aromatic amines is 1. The Morgan fingerprint density at radius 3 is 2.78 bits per heavy atom. The number of pyridine rings is 1. The number of carbonyl (C=O) groups excluding carboxylic acids is 2. The Morgan fingerprint density at radius 1 is 1.30 bits per heavy atom. The van der Waals surface area contributed by atoms with Crippen LogP contribution in [0.25, 0.3) is 10.9 Å². The van der Waals surface area contributed by atoms with E-state index in [1.807, 2.05) is 44.4 Å². The summed E-state index contributed by atoms with van der Waals surface area (Å²) in [5.41, 5.74) is 7.67. The molecule has 2 heterocycles. The van der Waals surface area contributed by atoms with E-state index < -0.39 is 5.91 Å². The van der Waals surface area contributed by atoms with E-state index in [4.69, 9.17) is 11.6 Å². The van der Waals surface area contributed by atoms with Gasteiger partial charge < -0.3 is 20.4 Å². The number of rotatable bonds is 7. The zero-order valence-corrected chi connectivity index (χ0v) is 15.2. The van der Waals surface area contributed by atoms with E-state index in [2.05, 4.69) is 9.97 Å². The normalized spacial score (nSPS) is 12.0. The fourth-order valence-electron chi connectivity index (χ4n) is 2.98. The zero-order valence-electron chi connectivity index (χ0n) is 15.2. The SMILES string of the molecule is C[C@H](CC=O)N(N)c1ccc(C(N)=O)c(N(C)c2cccc3[nH]ccc23)n1. The Hall–Kier alpha value is -3.39. The quantitative estimate of drug-likeness (QED) is 0.334. The molecular weight excluding hydrogens is 344 g/mol. The van der Waals surface area contributed by atoms with E-state index in [-0.39, 0.29) is 18.0 Å². The predicted octanol–water partition coefficient (Wildman–Crippen LogP) is 2.09. The van der Waals surface area contributed by atoms with Gasteiger partial charge in [0.1, 0.15) is 17.9 Å². The summed E-state index contributed by atoms with van der Waals surface area (Å²) in [6.07, 6.45) is 2.93. The molecule has 3 aromatic rings. The average Bonchev–Trinajstić information content (AvgIpc) is 3.15. The number of hydrazine groups is 1. The molecule has 1 aromatic carbocycles. The molecule has 0 saturated heterocycles. The van der Waals surface area contributed by atoms with E-state index in [0.717, 1.165) is 22.9 Å². The first-order valence-electron chi connectivity index (χ1n) is 8.52. The minimum Gasteiger partial charge on any atom is -0.365 e. The van der Waals surface area contributed by atoms with Crippen LogP contribution < -0.4 is 21.5 Å². The highest BCUT2D eigenvalue weighted by Crippen LogP contribution is 2.32. The third-order valence-electron chi connectivity index (χ3n) is 4.55. The Bertz CT molecular complexity index is 983. The van der Waals surface area contributed by atoms with Gasteiger partial charge in [-0.3, -0.25) is 9.80 Å². The Labute approximate surface area is 156 Å². The smallest absolute Gasteiger partial charge is 0.252 e. The number of hydrogen-bond acceptors (Lipinski definition) is 6. The molecule has 0 spiro atoms. The fourth-order valence-corrected chi connectivity index (χ4v) is 2.98. The summed E-state index contributed by atoms with van der Waals surface area (Å²) in [6, 6.07) is 10.8. The molecule has 0 unspecified atom stereocenters. The largest absolute Gasteiger partial charge is 0.365 e. The van der Waals surface area contributed by atoms with Crippen LogP contribution in [0.2, 0.25) is 0 Å². The van der Waals surface area contributed by atoms with Crippen molar-refractivity contribution in [1.29, 1.82) is 0 Å². The molecule has 140 valence electrons. The number of nitrogens with two attached hydrogens (primary N) is 2. The molecule has 0 radical (unpaired) electrons. The Balaban J connectivity index is 2.09. The monoisotopic (exact) mass is 366 g/mol. The predicted molar refractivity (Wildman–Crippen MR) is 106 cm³/mol. The van der Waals surface area contributed by atoms with E-state index in [1.54, 1.807) is 17.0 Å². The molecule has 8 nitrogen and oxygen atoms in total. The molecule has 0 aliphatic heterocycles. The number of aldehydes is 1. The van der Waals surface area contributed by atoms with Gasteiger partial charge in [-0.05, 0) is 37.3 Å². The van der Waals surface area contributed by atoms with E-state index in [1.165, 1.54) is 5.01 Å². The van der Waals surface area contributed by atoms with Crippen molar-refractivity contribution in [1.82, 2.24) is 9.97 Å². The van der Waals surface area contributed by atoms with Crippen LogP contribution in [0.5, 0.6) is 0 Å². The van der Waals surface area contributed by atoms with Gasteiger partial charge in [0.25, 0.3) is 5.91 Å². The van der Waals surface area contributed by atoms with Gasteiger partial charge in [0, 0.05) is 30.6 Å². The van der Waals surface area contributed by atoms with Gasteiger partial charge in [0.05, 0.1) is 17.3 Å². The van der Waals surface area contributed by atoms with Gasteiger partial charge >= 0.3 is 0 Å². The molecule has 0 aliphatic carbocycles. The lowest BCUT2D eigenvalue weighted by Gasteiger charge is -2.27. The van der Waals surface area contributed by atoms with Crippen molar-refractivity contribution in [2.75, 3.05) is 17.0 Å². The van der Waals surface area contributed by atoms with Gasteiger partial charge in [-0.15, -0.1) is 0 Å². The van der Waals surface area contributed by atoms with Crippen molar-refractivity contribution in [3.8, 4) is 0 Å². The van der Waals surface area contributed by atoms with Gasteiger partial charge in [0.15, 0.2) is 0 Å². The first-order valence-corrected chi connectivity index (χ1v) is 8.52. The van der Waals surface area contributed by atoms with Gasteiger partial charge in [0.2, 0.25) is 0 Å². The van der Waals surface area contributed by atoms with Crippen molar-refractivity contribution < 1.29 is 9.59 Å². The second-order valence-electron chi connectivity index (χ2n) is 6.34. The molecule has 1 amide bonds. The number of carbonyl (C=O) groups is 2. The minimum absolute atomic E-state index is 0.235. The van der Waals surface area contributed by atoms with Gasteiger partial charge in [-0.1, -0.05) is 6.07 Å². The van der Waals surface area contributed by atoms with Crippen LogP contribution in [0, 0.1) is 0 Å². The molecular formula is C19H22N6O2. The van der Waals surface area contributed by atoms with Crippen LogP contribution in [0.15, 0.2) is 42.6 Å². The molecule has 2 aromatic heterocycles. The van der Waals surface area contributed by atoms with E-state index >= 15 is 0 Å². The summed E-state index contributed by atoms with van der Waals surface area (Å²) in [4.78, 5) is 32.3. The second kappa shape index (κ2) is 7.46. The van der Waals surface area contributed by atoms with Crippen LogP contribution in [-0.4, -0.2) is 35.3 Å². The number of aromatic nitrogens is 2. The lowest BCUT2D eigenvalue weighted by Crippen LogP contribution is -2.40. The first kappa shape index (κ1) is 18.4.